The lowest BCUT2D eigenvalue weighted by atomic mass is 10.2. The molecule has 82 valence electrons. The fraction of sp³-hybridized carbons (Fsp3) is 0.300. The Hall–Kier alpha value is -0.563. The van der Waals surface area contributed by atoms with E-state index in [-0.39, 0.29) is 5.56 Å². The van der Waals surface area contributed by atoms with Gasteiger partial charge in [-0.05, 0) is 60.4 Å². The molecule has 0 saturated heterocycles. The highest BCUT2D eigenvalue weighted by atomic mass is 127. The molecule has 1 rings (SSSR count). The maximum atomic E-state index is 11.0. The summed E-state index contributed by atoms with van der Waals surface area (Å²) in [5, 5.41) is 9.02. The van der Waals surface area contributed by atoms with Crippen molar-refractivity contribution in [1.29, 1.82) is 0 Å². The molecule has 0 saturated carbocycles. The Bertz CT molecular complexity index is 385. The average Bonchev–Trinajstić information content (AvgIpc) is 2.05. The fourth-order valence-corrected chi connectivity index (χ4v) is 2.42. The molecule has 0 aliphatic rings. The molecule has 3 nitrogen and oxygen atoms in total. The van der Waals surface area contributed by atoms with E-state index in [1.165, 1.54) is 0 Å². The van der Waals surface area contributed by atoms with E-state index < -0.39 is 14.3 Å². The molecule has 0 atom stereocenters. The Morgan fingerprint density at radius 2 is 2.00 bits per heavy atom. The summed E-state index contributed by atoms with van der Waals surface area (Å²) < 4.78 is 6.60. The lowest BCUT2D eigenvalue weighted by molar-refractivity contribution is 0.0694. The summed E-state index contributed by atoms with van der Waals surface area (Å²) in [6.07, 6.45) is 0. The first-order valence-corrected chi connectivity index (χ1v) is 9.00. The van der Waals surface area contributed by atoms with Gasteiger partial charge in [0, 0.05) is 3.57 Å². The van der Waals surface area contributed by atoms with Crippen LogP contribution in [0.1, 0.15) is 10.4 Å². The Labute approximate surface area is 104 Å². The lowest BCUT2D eigenvalue weighted by Crippen LogP contribution is -2.30. The monoisotopic (exact) mass is 336 g/mol. The maximum Gasteiger partial charge on any atom is 0.339 e. The van der Waals surface area contributed by atoms with Crippen molar-refractivity contribution in [2.45, 2.75) is 19.6 Å². The van der Waals surface area contributed by atoms with Gasteiger partial charge in [-0.2, -0.15) is 0 Å². The van der Waals surface area contributed by atoms with Crippen molar-refractivity contribution < 1.29 is 14.3 Å². The van der Waals surface area contributed by atoms with Gasteiger partial charge in [0.2, 0.25) is 8.32 Å². The van der Waals surface area contributed by atoms with Crippen molar-refractivity contribution in [3.8, 4) is 5.75 Å². The van der Waals surface area contributed by atoms with Gasteiger partial charge in [0.15, 0.2) is 0 Å². The van der Waals surface area contributed by atoms with E-state index in [0.29, 0.717) is 5.75 Å². The Balaban J connectivity index is 3.12. The SMILES string of the molecule is C[Si](C)(C)Oc1ccc(I)cc1C(=O)O. The number of aromatic carboxylic acids is 1. The van der Waals surface area contributed by atoms with Crippen LogP contribution in [0.3, 0.4) is 0 Å². The predicted molar refractivity (Wildman–Crippen MR) is 70.1 cm³/mol. The first kappa shape index (κ1) is 12.5. The molecule has 0 heterocycles. The number of hydrogen-bond acceptors (Lipinski definition) is 2. The molecule has 1 aromatic rings. The van der Waals surface area contributed by atoms with Crippen LogP contribution in [0.15, 0.2) is 18.2 Å². The highest BCUT2D eigenvalue weighted by Gasteiger charge is 2.20. The largest absolute Gasteiger partial charge is 0.544 e. The molecule has 0 amide bonds. The van der Waals surface area contributed by atoms with Gasteiger partial charge in [-0.1, -0.05) is 0 Å². The summed E-state index contributed by atoms with van der Waals surface area (Å²) in [5.41, 5.74) is 0.240. The molecule has 1 aromatic carbocycles. The van der Waals surface area contributed by atoms with Crippen molar-refractivity contribution in [2.24, 2.45) is 0 Å². The number of carboxylic acids is 1. The summed E-state index contributed by atoms with van der Waals surface area (Å²) in [7, 11) is -1.76. The van der Waals surface area contributed by atoms with Crippen LogP contribution in [0.5, 0.6) is 5.75 Å². The zero-order valence-electron chi connectivity index (χ0n) is 8.87. The molecule has 0 bridgehead atoms. The standard InChI is InChI=1S/C10H13IO3Si/c1-15(2,3)14-9-5-4-7(11)6-8(9)10(12)13/h4-6H,1-3H3,(H,12,13). The molecule has 0 aromatic heterocycles. The van der Waals surface area contributed by atoms with Gasteiger partial charge in [0.05, 0.1) is 0 Å². The quantitative estimate of drug-likeness (QED) is 0.681. The topological polar surface area (TPSA) is 46.5 Å². The minimum atomic E-state index is -1.76. The van der Waals surface area contributed by atoms with Crippen molar-refractivity contribution in [3.05, 3.63) is 27.3 Å². The van der Waals surface area contributed by atoms with E-state index in [9.17, 15) is 4.79 Å². The highest BCUT2D eigenvalue weighted by molar-refractivity contribution is 14.1. The number of halogens is 1. The zero-order valence-corrected chi connectivity index (χ0v) is 12.0. The van der Waals surface area contributed by atoms with E-state index in [1.54, 1.807) is 12.1 Å². The lowest BCUT2D eigenvalue weighted by Gasteiger charge is -2.20. The number of carbonyl (C=O) groups is 1. The molecule has 15 heavy (non-hydrogen) atoms. The second-order valence-corrected chi connectivity index (χ2v) is 9.83. The van der Waals surface area contributed by atoms with Crippen LogP contribution in [0.4, 0.5) is 0 Å². The molecule has 0 unspecified atom stereocenters. The van der Waals surface area contributed by atoms with Crippen molar-refractivity contribution in [1.82, 2.24) is 0 Å². The smallest absolute Gasteiger partial charge is 0.339 e. The van der Waals surface area contributed by atoms with Crippen molar-refractivity contribution in [2.75, 3.05) is 0 Å². The first-order chi connectivity index (χ1) is 6.79. The summed E-state index contributed by atoms with van der Waals surface area (Å²) in [6, 6.07) is 5.20. The van der Waals surface area contributed by atoms with Gasteiger partial charge in [-0.15, -0.1) is 0 Å². The molecule has 5 heteroatoms. The molecule has 0 aliphatic heterocycles. The normalized spacial score (nSPS) is 11.2. The molecule has 1 N–H and O–H groups in total. The fourth-order valence-electron chi connectivity index (χ4n) is 1.09. The summed E-state index contributed by atoms with van der Waals surface area (Å²) >= 11 is 2.09. The van der Waals surface area contributed by atoms with Gasteiger partial charge in [-0.25, -0.2) is 4.79 Å². The summed E-state index contributed by atoms with van der Waals surface area (Å²) in [6.45, 7) is 6.07. The molecule has 0 aliphatic carbocycles. The summed E-state index contributed by atoms with van der Waals surface area (Å²) in [5.74, 6) is -0.469. The first-order valence-electron chi connectivity index (χ1n) is 4.51. The maximum absolute atomic E-state index is 11.0. The van der Waals surface area contributed by atoms with E-state index in [4.69, 9.17) is 9.53 Å². The number of benzene rings is 1. The molecular weight excluding hydrogens is 323 g/mol. The highest BCUT2D eigenvalue weighted by Crippen LogP contribution is 2.24. The van der Waals surface area contributed by atoms with Crippen molar-refractivity contribution in [3.63, 3.8) is 0 Å². The van der Waals surface area contributed by atoms with E-state index in [2.05, 4.69) is 22.6 Å². The molecule has 0 fully saturated rings. The minimum absolute atomic E-state index is 0.240. The predicted octanol–water partition coefficient (Wildman–Crippen LogP) is 3.20. The van der Waals surface area contributed by atoms with Crippen LogP contribution in [0.2, 0.25) is 19.6 Å². The van der Waals surface area contributed by atoms with Crippen LogP contribution >= 0.6 is 22.6 Å². The van der Waals surface area contributed by atoms with Gasteiger partial charge in [0.1, 0.15) is 11.3 Å². The summed E-state index contributed by atoms with van der Waals surface area (Å²) in [4.78, 5) is 11.0. The number of carboxylic acid groups (broad SMARTS) is 1. The third-order valence-corrected chi connectivity index (χ3v) is 3.09. The molecular formula is C10H13IO3Si. The van der Waals surface area contributed by atoms with Gasteiger partial charge < -0.3 is 9.53 Å². The van der Waals surface area contributed by atoms with Crippen LogP contribution in [0.25, 0.3) is 0 Å². The molecule has 0 radical (unpaired) electrons. The van der Waals surface area contributed by atoms with Gasteiger partial charge in [0.25, 0.3) is 0 Å². The average molecular weight is 336 g/mol. The van der Waals surface area contributed by atoms with Crippen LogP contribution in [0, 0.1) is 3.57 Å². The van der Waals surface area contributed by atoms with Gasteiger partial charge >= 0.3 is 5.97 Å². The second-order valence-electron chi connectivity index (χ2n) is 4.16. The van der Waals surface area contributed by atoms with Crippen LogP contribution in [-0.2, 0) is 0 Å². The van der Waals surface area contributed by atoms with Crippen LogP contribution in [-0.4, -0.2) is 19.4 Å². The number of hydrogen-bond donors (Lipinski definition) is 1. The Kier molecular flexibility index (Phi) is 3.77. The Morgan fingerprint density at radius 1 is 1.40 bits per heavy atom. The second kappa shape index (κ2) is 4.52. The third kappa shape index (κ3) is 3.82. The number of rotatable bonds is 3. The molecule has 0 spiro atoms. The van der Waals surface area contributed by atoms with Crippen LogP contribution < -0.4 is 4.43 Å². The van der Waals surface area contributed by atoms with E-state index in [0.717, 1.165) is 3.57 Å². The van der Waals surface area contributed by atoms with E-state index in [1.807, 2.05) is 25.7 Å². The zero-order chi connectivity index (χ0) is 11.6. The van der Waals surface area contributed by atoms with E-state index >= 15 is 0 Å². The Morgan fingerprint density at radius 3 is 2.47 bits per heavy atom. The van der Waals surface area contributed by atoms with Gasteiger partial charge in [-0.3, -0.25) is 0 Å². The minimum Gasteiger partial charge on any atom is -0.544 e. The third-order valence-electron chi connectivity index (χ3n) is 1.59. The van der Waals surface area contributed by atoms with Crippen molar-refractivity contribution >= 4 is 36.9 Å².